The minimum atomic E-state index is -0.683. The number of hydrogen-bond donors (Lipinski definition) is 3. The van der Waals surface area contributed by atoms with Gasteiger partial charge in [-0.1, -0.05) is 269 Å². The smallest absolute Gasteiger partial charge is 0.305 e. The Kier molecular flexibility index (Phi) is 56.5. The van der Waals surface area contributed by atoms with Crippen LogP contribution in [0.1, 0.15) is 335 Å². The molecular formula is C62H119NO5. The third kappa shape index (κ3) is 53.7. The summed E-state index contributed by atoms with van der Waals surface area (Å²) in [6.45, 7) is 4.92. The normalized spacial score (nSPS) is 12.7. The molecule has 0 spiro atoms. The molecular weight excluding hydrogens is 839 g/mol. The standard InChI is InChI=1S/C62H119NO5/c1-3-5-7-9-11-13-15-17-19-20-21-22-23-24-25-26-27-28-30-34-38-42-46-50-54-60(65)59(58-64)63-61(66)55-51-47-43-39-35-31-29-33-37-41-45-49-53-57-68-62(67)56-52-48-44-40-36-32-18-16-14-12-10-8-6-4-2/h16,18,31,35,59-60,64-65H,3-15,17,19-30,32-34,36-58H2,1-2H3,(H,63,66)/b18-16-,35-31-. The number of aliphatic hydroxyl groups excluding tert-OH is 2. The number of carbonyl (C=O) groups excluding carboxylic acids is 2. The number of carbonyl (C=O) groups is 2. The van der Waals surface area contributed by atoms with E-state index < -0.39 is 12.1 Å². The third-order valence-corrected chi connectivity index (χ3v) is 14.2. The Morgan fingerprint density at radius 3 is 1.06 bits per heavy atom. The van der Waals surface area contributed by atoms with Gasteiger partial charge < -0.3 is 20.3 Å². The van der Waals surface area contributed by atoms with E-state index in [4.69, 9.17) is 4.74 Å². The molecule has 0 rings (SSSR count). The van der Waals surface area contributed by atoms with Crippen LogP contribution in [0.25, 0.3) is 0 Å². The van der Waals surface area contributed by atoms with Crippen molar-refractivity contribution in [3.05, 3.63) is 24.3 Å². The van der Waals surface area contributed by atoms with Crippen LogP contribution in [0.4, 0.5) is 0 Å². The maximum atomic E-state index is 12.5. The molecule has 0 heterocycles. The molecule has 6 heteroatoms. The summed E-state index contributed by atoms with van der Waals surface area (Å²) in [6.07, 6.45) is 70.4. The minimum absolute atomic E-state index is 0.0202. The van der Waals surface area contributed by atoms with E-state index in [1.807, 2.05) is 0 Å². The maximum Gasteiger partial charge on any atom is 0.305 e. The van der Waals surface area contributed by atoms with Gasteiger partial charge in [-0.3, -0.25) is 9.59 Å². The van der Waals surface area contributed by atoms with Crippen LogP contribution in [0.2, 0.25) is 0 Å². The quantitative estimate of drug-likeness (QED) is 0.0321. The van der Waals surface area contributed by atoms with E-state index in [9.17, 15) is 19.8 Å². The number of amides is 1. The summed E-state index contributed by atoms with van der Waals surface area (Å²) in [5.41, 5.74) is 0. The number of rotatable bonds is 57. The van der Waals surface area contributed by atoms with Gasteiger partial charge in [0.1, 0.15) is 0 Å². The Morgan fingerprint density at radius 2 is 0.691 bits per heavy atom. The van der Waals surface area contributed by atoms with Crippen LogP contribution in [-0.2, 0) is 14.3 Å². The van der Waals surface area contributed by atoms with Crippen LogP contribution in [-0.4, -0.2) is 47.4 Å². The Morgan fingerprint density at radius 1 is 0.397 bits per heavy atom. The molecule has 0 saturated heterocycles. The Balaban J connectivity index is 3.48. The predicted molar refractivity (Wildman–Crippen MR) is 296 cm³/mol. The van der Waals surface area contributed by atoms with Crippen LogP contribution in [0.5, 0.6) is 0 Å². The molecule has 0 aromatic carbocycles. The molecule has 0 aliphatic rings. The lowest BCUT2D eigenvalue weighted by Gasteiger charge is -2.22. The van der Waals surface area contributed by atoms with Crippen molar-refractivity contribution in [1.29, 1.82) is 0 Å². The van der Waals surface area contributed by atoms with Crippen molar-refractivity contribution in [3.63, 3.8) is 0 Å². The van der Waals surface area contributed by atoms with Crippen LogP contribution < -0.4 is 5.32 Å². The Bertz CT molecular complexity index is 1060. The Labute approximate surface area is 424 Å². The largest absolute Gasteiger partial charge is 0.466 e. The number of unbranched alkanes of at least 4 members (excludes halogenated alkanes) is 42. The first-order valence-corrected chi connectivity index (χ1v) is 30.6. The summed E-state index contributed by atoms with van der Waals surface area (Å²) in [7, 11) is 0. The first kappa shape index (κ1) is 66.3. The second-order valence-corrected chi connectivity index (χ2v) is 21.0. The van der Waals surface area contributed by atoms with Crippen molar-refractivity contribution >= 4 is 11.9 Å². The molecule has 402 valence electrons. The van der Waals surface area contributed by atoms with Crippen molar-refractivity contribution in [3.8, 4) is 0 Å². The molecule has 2 atom stereocenters. The molecule has 0 saturated carbocycles. The molecule has 68 heavy (non-hydrogen) atoms. The fraction of sp³-hybridized carbons (Fsp3) is 0.903. The van der Waals surface area contributed by atoms with Gasteiger partial charge in [0, 0.05) is 12.8 Å². The summed E-state index contributed by atoms with van der Waals surface area (Å²) in [6, 6.07) is -0.563. The average Bonchev–Trinajstić information content (AvgIpc) is 3.34. The van der Waals surface area contributed by atoms with Crippen LogP contribution in [0.15, 0.2) is 24.3 Å². The van der Waals surface area contributed by atoms with Crippen molar-refractivity contribution in [2.75, 3.05) is 13.2 Å². The van der Waals surface area contributed by atoms with Gasteiger partial charge in [0.25, 0.3) is 0 Å². The van der Waals surface area contributed by atoms with E-state index in [1.165, 1.54) is 231 Å². The number of hydrogen-bond acceptors (Lipinski definition) is 5. The molecule has 0 radical (unpaired) electrons. The molecule has 0 aromatic rings. The van der Waals surface area contributed by atoms with Gasteiger partial charge in [0.2, 0.25) is 5.91 Å². The number of nitrogens with one attached hydrogen (secondary N) is 1. The third-order valence-electron chi connectivity index (χ3n) is 14.2. The maximum absolute atomic E-state index is 12.5. The molecule has 0 aliphatic carbocycles. The topological polar surface area (TPSA) is 95.9 Å². The lowest BCUT2D eigenvalue weighted by atomic mass is 10.0. The second-order valence-electron chi connectivity index (χ2n) is 21.0. The lowest BCUT2D eigenvalue weighted by Crippen LogP contribution is -2.45. The summed E-state index contributed by atoms with van der Waals surface area (Å²) in [5.74, 6) is -0.0822. The highest BCUT2D eigenvalue weighted by Crippen LogP contribution is 2.18. The van der Waals surface area contributed by atoms with E-state index in [-0.39, 0.29) is 18.5 Å². The van der Waals surface area contributed by atoms with Gasteiger partial charge in [-0.25, -0.2) is 0 Å². The lowest BCUT2D eigenvalue weighted by molar-refractivity contribution is -0.143. The van der Waals surface area contributed by atoms with Crippen molar-refractivity contribution in [1.82, 2.24) is 5.32 Å². The fourth-order valence-electron chi connectivity index (χ4n) is 9.51. The first-order valence-electron chi connectivity index (χ1n) is 30.6. The van der Waals surface area contributed by atoms with Crippen LogP contribution in [0, 0.1) is 0 Å². The highest BCUT2D eigenvalue weighted by Gasteiger charge is 2.20. The molecule has 0 fully saturated rings. The van der Waals surface area contributed by atoms with Gasteiger partial charge in [-0.15, -0.1) is 0 Å². The summed E-state index contributed by atoms with van der Waals surface area (Å²) >= 11 is 0. The number of aliphatic hydroxyl groups is 2. The summed E-state index contributed by atoms with van der Waals surface area (Å²) in [5, 5.41) is 23.3. The van der Waals surface area contributed by atoms with E-state index >= 15 is 0 Å². The van der Waals surface area contributed by atoms with Gasteiger partial charge in [0.05, 0.1) is 25.4 Å². The van der Waals surface area contributed by atoms with Crippen LogP contribution >= 0.6 is 0 Å². The number of ether oxygens (including phenoxy) is 1. The van der Waals surface area contributed by atoms with Crippen molar-refractivity contribution in [2.24, 2.45) is 0 Å². The summed E-state index contributed by atoms with van der Waals surface area (Å²) < 4.78 is 5.46. The molecule has 0 aliphatic heterocycles. The zero-order valence-corrected chi connectivity index (χ0v) is 45.9. The molecule has 3 N–H and O–H groups in total. The SMILES string of the molecule is CCCCCCC/C=C\CCCCCCCC(=O)OCCCCCCCC/C=C\CCCCCC(=O)NC(CO)C(O)CCCCCCCCCCCCCCCCCCCCCCCCCC. The van der Waals surface area contributed by atoms with E-state index in [1.54, 1.807) is 0 Å². The monoisotopic (exact) mass is 958 g/mol. The van der Waals surface area contributed by atoms with E-state index in [0.29, 0.717) is 25.9 Å². The first-order chi connectivity index (χ1) is 33.5. The minimum Gasteiger partial charge on any atom is -0.466 e. The molecule has 0 bridgehead atoms. The zero-order chi connectivity index (χ0) is 49.3. The van der Waals surface area contributed by atoms with Gasteiger partial charge in [0.15, 0.2) is 0 Å². The highest BCUT2D eigenvalue weighted by molar-refractivity contribution is 5.76. The number of esters is 1. The highest BCUT2D eigenvalue weighted by atomic mass is 16.5. The molecule has 1 amide bonds. The van der Waals surface area contributed by atoms with Crippen LogP contribution in [0.3, 0.4) is 0 Å². The van der Waals surface area contributed by atoms with Crippen molar-refractivity contribution in [2.45, 2.75) is 347 Å². The van der Waals surface area contributed by atoms with Gasteiger partial charge in [-0.2, -0.15) is 0 Å². The summed E-state index contributed by atoms with van der Waals surface area (Å²) in [4.78, 5) is 24.5. The van der Waals surface area contributed by atoms with E-state index in [2.05, 4.69) is 43.5 Å². The van der Waals surface area contributed by atoms with Gasteiger partial charge in [-0.05, 0) is 77.0 Å². The van der Waals surface area contributed by atoms with E-state index in [0.717, 1.165) is 70.6 Å². The van der Waals surface area contributed by atoms with Gasteiger partial charge >= 0.3 is 5.97 Å². The Hall–Kier alpha value is -1.66. The molecule has 2 unspecified atom stereocenters. The fourth-order valence-corrected chi connectivity index (χ4v) is 9.51. The predicted octanol–water partition coefficient (Wildman–Crippen LogP) is 19.0. The molecule has 0 aromatic heterocycles. The zero-order valence-electron chi connectivity index (χ0n) is 45.9. The molecule has 6 nitrogen and oxygen atoms in total. The van der Waals surface area contributed by atoms with Crippen molar-refractivity contribution < 1.29 is 24.5 Å². The second kappa shape index (κ2) is 57.9. The average molecular weight is 959 g/mol. The number of allylic oxidation sites excluding steroid dienone is 4.